The van der Waals surface area contributed by atoms with Crippen molar-refractivity contribution < 1.29 is 14.6 Å². The zero-order valence-electron chi connectivity index (χ0n) is 9.41. The molecule has 3 heteroatoms. The third-order valence-electron chi connectivity index (χ3n) is 2.19. The summed E-state index contributed by atoms with van der Waals surface area (Å²) in [6.45, 7) is 5.98. The topological polar surface area (TPSA) is 46.5 Å². The number of carboxylic acids is 1. The third kappa shape index (κ3) is 5.02. The summed E-state index contributed by atoms with van der Waals surface area (Å²) in [5.41, 5.74) is 1.27. The van der Waals surface area contributed by atoms with Gasteiger partial charge in [0.05, 0.1) is 0 Å². The van der Waals surface area contributed by atoms with Crippen molar-refractivity contribution in [3.63, 3.8) is 0 Å². The summed E-state index contributed by atoms with van der Waals surface area (Å²) < 4.78 is 4.91. The lowest BCUT2D eigenvalue weighted by Crippen LogP contribution is -2.29. The molecule has 0 aromatic heterocycles. The van der Waals surface area contributed by atoms with Gasteiger partial charge in [-0.25, -0.2) is 4.79 Å². The summed E-state index contributed by atoms with van der Waals surface area (Å²) in [4.78, 5) is 10.7. The number of aliphatic carboxylic acids is 1. The summed E-state index contributed by atoms with van der Waals surface area (Å²) >= 11 is 0. The van der Waals surface area contributed by atoms with Crippen LogP contribution >= 0.6 is 0 Å². The number of hydrogen-bond donors (Lipinski definition) is 1. The molecule has 2 atom stereocenters. The quantitative estimate of drug-likeness (QED) is 0.670. The van der Waals surface area contributed by atoms with Gasteiger partial charge in [0.25, 0.3) is 0 Å². The van der Waals surface area contributed by atoms with Crippen molar-refractivity contribution in [2.24, 2.45) is 5.92 Å². The van der Waals surface area contributed by atoms with Gasteiger partial charge in [0.1, 0.15) is 0 Å². The minimum atomic E-state index is -0.878. The van der Waals surface area contributed by atoms with Gasteiger partial charge >= 0.3 is 5.97 Å². The fourth-order valence-electron chi connectivity index (χ4n) is 1.36. The number of rotatable bonds is 6. The minimum absolute atomic E-state index is 0.0492. The molecule has 0 fully saturated rings. The second kappa shape index (κ2) is 6.60. The summed E-state index contributed by atoms with van der Waals surface area (Å²) in [5.74, 6) is -0.828. The molecule has 82 valence electrons. The summed E-state index contributed by atoms with van der Waals surface area (Å²) in [7, 11) is 1.44. The predicted octanol–water partition coefficient (Wildman–Crippen LogP) is 2.47. The molecule has 3 nitrogen and oxygen atoms in total. The first-order valence-corrected chi connectivity index (χ1v) is 4.88. The lowest BCUT2D eigenvalue weighted by Gasteiger charge is -2.17. The highest BCUT2D eigenvalue weighted by Gasteiger charge is 2.23. The molecular weight excluding hydrogens is 180 g/mol. The summed E-state index contributed by atoms with van der Waals surface area (Å²) in [6, 6.07) is 0. The second-order valence-electron chi connectivity index (χ2n) is 3.83. The first-order valence-electron chi connectivity index (χ1n) is 4.88. The average Bonchev–Trinajstić information content (AvgIpc) is 2.03. The second-order valence-corrected chi connectivity index (χ2v) is 3.83. The van der Waals surface area contributed by atoms with E-state index in [4.69, 9.17) is 9.84 Å². The van der Waals surface area contributed by atoms with Gasteiger partial charge in [0.15, 0.2) is 6.10 Å². The molecule has 1 N–H and O–H groups in total. The van der Waals surface area contributed by atoms with Crippen molar-refractivity contribution in [2.45, 2.75) is 39.7 Å². The van der Waals surface area contributed by atoms with E-state index in [-0.39, 0.29) is 5.92 Å². The molecule has 0 radical (unpaired) electrons. The maximum absolute atomic E-state index is 10.7. The van der Waals surface area contributed by atoms with E-state index < -0.39 is 12.1 Å². The third-order valence-corrected chi connectivity index (χ3v) is 2.19. The number of methoxy groups -OCH3 is 1. The zero-order chi connectivity index (χ0) is 11.1. The van der Waals surface area contributed by atoms with Crippen LogP contribution < -0.4 is 0 Å². The number of ether oxygens (including phenoxy) is 1. The highest BCUT2D eigenvalue weighted by molar-refractivity contribution is 5.72. The molecule has 0 aliphatic carbocycles. The first-order chi connectivity index (χ1) is 6.49. The maximum Gasteiger partial charge on any atom is 0.333 e. The Morgan fingerprint density at radius 1 is 1.50 bits per heavy atom. The molecule has 0 heterocycles. The van der Waals surface area contributed by atoms with Gasteiger partial charge in [-0.05, 0) is 32.6 Å². The number of carbonyl (C=O) groups is 1. The van der Waals surface area contributed by atoms with Crippen LogP contribution in [0.15, 0.2) is 11.6 Å². The molecule has 0 aliphatic heterocycles. The molecule has 2 unspecified atom stereocenters. The van der Waals surface area contributed by atoms with E-state index in [1.165, 1.54) is 12.7 Å². The minimum Gasteiger partial charge on any atom is -0.479 e. The molecule has 0 aliphatic rings. The fraction of sp³-hybridized carbons (Fsp3) is 0.727. The van der Waals surface area contributed by atoms with E-state index >= 15 is 0 Å². The van der Waals surface area contributed by atoms with Crippen molar-refractivity contribution in [3.8, 4) is 0 Å². The molecule has 0 aromatic rings. The van der Waals surface area contributed by atoms with E-state index in [1.807, 2.05) is 20.8 Å². The van der Waals surface area contributed by atoms with Crippen LogP contribution in [0, 0.1) is 5.92 Å². The molecule has 0 amide bonds. The van der Waals surface area contributed by atoms with Gasteiger partial charge in [-0.1, -0.05) is 18.6 Å². The Hall–Kier alpha value is -0.830. The standard InChI is InChI=1S/C11H20O3/c1-8(2)6-5-7-9(3)10(14-4)11(12)13/h6,9-10H,5,7H2,1-4H3,(H,12,13). The monoisotopic (exact) mass is 200 g/mol. The van der Waals surface area contributed by atoms with E-state index in [0.29, 0.717) is 0 Å². The van der Waals surface area contributed by atoms with Crippen LogP contribution in [0.5, 0.6) is 0 Å². The molecule has 0 saturated heterocycles. The molecule has 0 rings (SSSR count). The van der Waals surface area contributed by atoms with Crippen molar-refractivity contribution in [1.29, 1.82) is 0 Å². The lowest BCUT2D eigenvalue weighted by atomic mass is 9.98. The van der Waals surface area contributed by atoms with Gasteiger partial charge in [0.2, 0.25) is 0 Å². The van der Waals surface area contributed by atoms with Crippen LogP contribution in [-0.4, -0.2) is 24.3 Å². The molecular formula is C11H20O3. The van der Waals surface area contributed by atoms with Gasteiger partial charge in [-0.3, -0.25) is 0 Å². The summed E-state index contributed by atoms with van der Waals surface area (Å²) in [5, 5.41) is 8.81. The first kappa shape index (κ1) is 13.2. The molecule has 0 aromatic carbocycles. The Bertz CT molecular complexity index is 205. The van der Waals surface area contributed by atoms with E-state index in [1.54, 1.807) is 0 Å². The van der Waals surface area contributed by atoms with Crippen LogP contribution in [-0.2, 0) is 9.53 Å². The summed E-state index contributed by atoms with van der Waals surface area (Å²) in [6.07, 6.45) is 3.19. The van der Waals surface area contributed by atoms with Gasteiger partial charge in [-0.15, -0.1) is 0 Å². The number of carboxylic acid groups (broad SMARTS) is 1. The van der Waals surface area contributed by atoms with Crippen LogP contribution in [0.3, 0.4) is 0 Å². The normalized spacial score (nSPS) is 14.6. The molecule has 0 spiro atoms. The van der Waals surface area contributed by atoms with Crippen LogP contribution in [0.4, 0.5) is 0 Å². The van der Waals surface area contributed by atoms with Crippen molar-refractivity contribution in [1.82, 2.24) is 0 Å². The van der Waals surface area contributed by atoms with Crippen molar-refractivity contribution in [3.05, 3.63) is 11.6 Å². The number of hydrogen-bond acceptors (Lipinski definition) is 2. The lowest BCUT2D eigenvalue weighted by molar-refractivity contribution is -0.151. The largest absolute Gasteiger partial charge is 0.479 e. The Morgan fingerprint density at radius 2 is 2.07 bits per heavy atom. The zero-order valence-corrected chi connectivity index (χ0v) is 9.41. The van der Waals surface area contributed by atoms with E-state index in [0.717, 1.165) is 12.8 Å². The van der Waals surface area contributed by atoms with Crippen LogP contribution in [0.2, 0.25) is 0 Å². The van der Waals surface area contributed by atoms with Gasteiger partial charge < -0.3 is 9.84 Å². The Kier molecular flexibility index (Phi) is 6.21. The smallest absolute Gasteiger partial charge is 0.333 e. The van der Waals surface area contributed by atoms with Gasteiger partial charge in [0, 0.05) is 7.11 Å². The average molecular weight is 200 g/mol. The molecule has 14 heavy (non-hydrogen) atoms. The van der Waals surface area contributed by atoms with E-state index in [9.17, 15) is 4.79 Å². The highest BCUT2D eigenvalue weighted by Crippen LogP contribution is 2.14. The molecule has 0 bridgehead atoms. The van der Waals surface area contributed by atoms with Crippen molar-refractivity contribution >= 4 is 5.97 Å². The highest BCUT2D eigenvalue weighted by atomic mass is 16.5. The molecule has 0 saturated carbocycles. The predicted molar refractivity (Wildman–Crippen MR) is 56.3 cm³/mol. The van der Waals surface area contributed by atoms with Gasteiger partial charge in [-0.2, -0.15) is 0 Å². The maximum atomic E-state index is 10.7. The fourth-order valence-corrected chi connectivity index (χ4v) is 1.36. The van der Waals surface area contributed by atoms with E-state index in [2.05, 4.69) is 6.08 Å². The van der Waals surface area contributed by atoms with Crippen molar-refractivity contribution in [2.75, 3.05) is 7.11 Å². The Morgan fingerprint density at radius 3 is 2.43 bits per heavy atom. The number of allylic oxidation sites excluding steroid dienone is 2. The Balaban J connectivity index is 3.99. The Labute approximate surface area is 85.8 Å². The van der Waals surface area contributed by atoms with Crippen LogP contribution in [0.1, 0.15) is 33.6 Å². The SMILES string of the molecule is COC(C(=O)O)C(C)CCC=C(C)C. The van der Waals surface area contributed by atoms with Crippen LogP contribution in [0.25, 0.3) is 0 Å².